The Bertz CT molecular complexity index is 664. The number of hydrogen-bond donors (Lipinski definition) is 1. The second kappa shape index (κ2) is 7.03. The Morgan fingerprint density at radius 2 is 1.92 bits per heavy atom. The fourth-order valence-corrected chi connectivity index (χ4v) is 3.24. The standard InChI is InChI=1S/C19H28N4O/c1-4-16-5-7-17(8-6-16)9-11-22-12-10-19(24,14-22)18-13-23(15(2)3)21-20-18/h5-8,13,15,24H,4,9-12,14H2,1-3H3/t19-/m1/s1. The molecule has 0 spiro atoms. The van der Waals surface area contributed by atoms with Crippen LogP contribution in [0.2, 0.25) is 0 Å². The van der Waals surface area contributed by atoms with E-state index in [0.29, 0.717) is 12.2 Å². The highest BCUT2D eigenvalue weighted by molar-refractivity contribution is 5.22. The van der Waals surface area contributed by atoms with Crippen molar-refractivity contribution in [3.05, 3.63) is 47.3 Å². The van der Waals surface area contributed by atoms with Crippen LogP contribution in [0.25, 0.3) is 0 Å². The number of nitrogens with zero attached hydrogens (tertiary/aromatic N) is 4. The lowest BCUT2D eigenvalue weighted by molar-refractivity contribution is 0.0418. The van der Waals surface area contributed by atoms with Crippen molar-refractivity contribution in [2.75, 3.05) is 19.6 Å². The van der Waals surface area contributed by atoms with Crippen molar-refractivity contribution in [2.24, 2.45) is 0 Å². The maximum absolute atomic E-state index is 10.9. The van der Waals surface area contributed by atoms with Gasteiger partial charge in [-0.1, -0.05) is 36.4 Å². The van der Waals surface area contributed by atoms with Gasteiger partial charge in [-0.3, -0.25) is 4.90 Å². The first kappa shape index (κ1) is 17.1. The second-order valence-corrected chi connectivity index (χ2v) is 7.16. The fourth-order valence-electron chi connectivity index (χ4n) is 3.24. The number of likely N-dealkylation sites (tertiary alicyclic amines) is 1. The quantitative estimate of drug-likeness (QED) is 0.885. The van der Waals surface area contributed by atoms with Crippen molar-refractivity contribution >= 4 is 0 Å². The van der Waals surface area contributed by atoms with Crippen molar-refractivity contribution in [3.8, 4) is 0 Å². The van der Waals surface area contributed by atoms with Crippen LogP contribution in [0.1, 0.15) is 50.1 Å². The van der Waals surface area contributed by atoms with Gasteiger partial charge in [-0.2, -0.15) is 0 Å². The van der Waals surface area contributed by atoms with Crippen molar-refractivity contribution in [1.82, 2.24) is 19.9 Å². The number of rotatable bonds is 6. The Morgan fingerprint density at radius 3 is 2.54 bits per heavy atom. The molecule has 3 rings (SSSR count). The summed E-state index contributed by atoms with van der Waals surface area (Å²) in [5.74, 6) is 0. The van der Waals surface area contributed by atoms with Gasteiger partial charge >= 0.3 is 0 Å². The van der Waals surface area contributed by atoms with E-state index in [1.54, 1.807) is 0 Å². The van der Waals surface area contributed by atoms with E-state index in [-0.39, 0.29) is 6.04 Å². The Balaban J connectivity index is 1.57. The highest BCUT2D eigenvalue weighted by Gasteiger charge is 2.39. The van der Waals surface area contributed by atoms with Crippen LogP contribution < -0.4 is 0 Å². The molecule has 5 nitrogen and oxygen atoms in total. The van der Waals surface area contributed by atoms with Gasteiger partial charge in [0.25, 0.3) is 0 Å². The Hall–Kier alpha value is -1.72. The lowest BCUT2D eigenvalue weighted by Crippen LogP contribution is -2.32. The topological polar surface area (TPSA) is 54.2 Å². The summed E-state index contributed by atoms with van der Waals surface area (Å²) in [7, 11) is 0. The third-order valence-electron chi connectivity index (χ3n) is 4.99. The second-order valence-electron chi connectivity index (χ2n) is 7.16. The molecule has 2 aromatic rings. The van der Waals surface area contributed by atoms with Gasteiger partial charge in [-0.15, -0.1) is 5.10 Å². The van der Waals surface area contributed by atoms with Gasteiger partial charge in [0, 0.05) is 25.7 Å². The molecular formula is C19H28N4O. The zero-order chi connectivity index (χ0) is 17.2. The number of β-amino-alcohol motifs (C(OH)–C–C–N with tert-alkyl or cyclic N) is 1. The molecule has 1 N–H and O–H groups in total. The molecule has 1 aliphatic rings. The van der Waals surface area contributed by atoms with Crippen LogP contribution >= 0.6 is 0 Å². The molecule has 130 valence electrons. The molecule has 1 fully saturated rings. The normalized spacial score (nSPS) is 21.7. The summed E-state index contributed by atoms with van der Waals surface area (Å²) < 4.78 is 1.81. The summed E-state index contributed by atoms with van der Waals surface area (Å²) in [6, 6.07) is 9.11. The molecular weight excluding hydrogens is 300 g/mol. The molecule has 5 heteroatoms. The molecule has 1 aromatic heterocycles. The van der Waals surface area contributed by atoms with E-state index in [9.17, 15) is 5.11 Å². The largest absolute Gasteiger partial charge is 0.382 e. The molecule has 1 aliphatic heterocycles. The first-order valence-corrected chi connectivity index (χ1v) is 8.95. The van der Waals surface area contributed by atoms with Crippen molar-refractivity contribution in [2.45, 2.75) is 51.7 Å². The first-order chi connectivity index (χ1) is 11.5. The van der Waals surface area contributed by atoms with E-state index >= 15 is 0 Å². The van der Waals surface area contributed by atoms with Crippen LogP contribution in [0.3, 0.4) is 0 Å². The fraction of sp³-hybridized carbons (Fsp3) is 0.579. The summed E-state index contributed by atoms with van der Waals surface area (Å²) in [6.45, 7) is 8.80. The molecule has 1 atom stereocenters. The van der Waals surface area contributed by atoms with Gasteiger partial charge in [-0.05, 0) is 44.2 Å². The molecule has 0 unspecified atom stereocenters. The van der Waals surface area contributed by atoms with Crippen LogP contribution in [0.4, 0.5) is 0 Å². The molecule has 0 radical (unpaired) electrons. The summed E-state index contributed by atoms with van der Waals surface area (Å²) in [6.07, 6.45) is 4.70. The molecule has 2 heterocycles. The summed E-state index contributed by atoms with van der Waals surface area (Å²) in [5.41, 5.74) is 2.57. The lowest BCUT2D eigenvalue weighted by atomic mass is 10.00. The zero-order valence-corrected chi connectivity index (χ0v) is 14.9. The maximum Gasteiger partial charge on any atom is 0.124 e. The van der Waals surface area contributed by atoms with Crippen LogP contribution in [0, 0.1) is 0 Å². The molecule has 0 bridgehead atoms. The van der Waals surface area contributed by atoms with Crippen LogP contribution in [-0.4, -0.2) is 44.6 Å². The van der Waals surface area contributed by atoms with Gasteiger partial charge in [0.05, 0.1) is 6.20 Å². The Morgan fingerprint density at radius 1 is 1.21 bits per heavy atom. The minimum absolute atomic E-state index is 0.262. The molecule has 0 aliphatic carbocycles. The number of aliphatic hydroxyl groups is 1. The third kappa shape index (κ3) is 3.68. The maximum atomic E-state index is 10.9. The summed E-state index contributed by atoms with van der Waals surface area (Å²) in [5, 5.41) is 19.3. The zero-order valence-electron chi connectivity index (χ0n) is 14.9. The summed E-state index contributed by atoms with van der Waals surface area (Å²) in [4.78, 5) is 2.32. The highest BCUT2D eigenvalue weighted by atomic mass is 16.3. The van der Waals surface area contributed by atoms with Crippen LogP contribution in [0.15, 0.2) is 30.5 Å². The predicted molar refractivity (Wildman–Crippen MR) is 94.9 cm³/mol. The van der Waals surface area contributed by atoms with E-state index in [1.165, 1.54) is 11.1 Å². The number of aryl methyl sites for hydroxylation is 1. The van der Waals surface area contributed by atoms with E-state index in [2.05, 4.69) is 60.2 Å². The average molecular weight is 328 g/mol. The monoisotopic (exact) mass is 328 g/mol. The highest BCUT2D eigenvalue weighted by Crippen LogP contribution is 2.30. The number of hydrogen-bond acceptors (Lipinski definition) is 4. The predicted octanol–water partition coefficient (Wildman–Crippen LogP) is 2.56. The Kier molecular flexibility index (Phi) is 5.01. The molecule has 0 saturated carbocycles. The van der Waals surface area contributed by atoms with E-state index in [4.69, 9.17) is 0 Å². The molecule has 24 heavy (non-hydrogen) atoms. The smallest absolute Gasteiger partial charge is 0.124 e. The van der Waals surface area contributed by atoms with Crippen molar-refractivity contribution in [3.63, 3.8) is 0 Å². The minimum Gasteiger partial charge on any atom is -0.382 e. The van der Waals surface area contributed by atoms with Crippen molar-refractivity contribution in [1.29, 1.82) is 0 Å². The van der Waals surface area contributed by atoms with Gasteiger partial charge in [0.2, 0.25) is 0 Å². The SMILES string of the molecule is CCc1ccc(CCN2CC[C@](O)(c3cn(C(C)C)nn3)C2)cc1. The first-order valence-electron chi connectivity index (χ1n) is 8.95. The number of benzene rings is 1. The minimum atomic E-state index is -0.862. The molecule has 1 saturated heterocycles. The van der Waals surface area contributed by atoms with E-state index < -0.39 is 5.60 Å². The molecule has 0 amide bonds. The summed E-state index contributed by atoms with van der Waals surface area (Å²) >= 11 is 0. The van der Waals surface area contributed by atoms with Gasteiger partial charge in [0.1, 0.15) is 11.3 Å². The van der Waals surface area contributed by atoms with Gasteiger partial charge in [-0.25, -0.2) is 4.68 Å². The van der Waals surface area contributed by atoms with Gasteiger partial charge < -0.3 is 5.11 Å². The third-order valence-corrected chi connectivity index (χ3v) is 4.99. The van der Waals surface area contributed by atoms with Crippen LogP contribution in [0.5, 0.6) is 0 Å². The molecule has 1 aromatic carbocycles. The van der Waals surface area contributed by atoms with E-state index in [0.717, 1.165) is 32.4 Å². The number of aromatic nitrogens is 3. The van der Waals surface area contributed by atoms with E-state index in [1.807, 2.05) is 10.9 Å². The van der Waals surface area contributed by atoms with Gasteiger partial charge in [0.15, 0.2) is 0 Å². The van der Waals surface area contributed by atoms with Crippen molar-refractivity contribution < 1.29 is 5.11 Å². The average Bonchev–Trinajstić information content (AvgIpc) is 3.21. The Labute approximate surface area is 144 Å². The lowest BCUT2D eigenvalue weighted by Gasteiger charge is -2.21. The van der Waals surface area contributed by atoms with Crippen LogP contribution in [-0.2, 0) is 18.4 Å².